The van der Waals surface area contributed by atoms with E-state index >= 15 is 0 Å². The molecule has 1 aromatic rings. The van der Waals surface area contributed by atoms with E-state index in [4.69, 9.17) is 0 Å². The minimum Gasteiger partial charge on any atom is -0.329 e. The van der Waals surface area contributed by atoms with Crippen molar-refractivity contribution in [2.24, 2.45) is 11.3 Å². The number of piperidine rings is 1. The van der Waals surface area contributed by atoms with Gasteiger partial charge in [-0.25, -0.2) is 4.79 Å². The van der Waals surface area contributed by atoms with E-state index in [2.05, 4.69) is 31.1 Å². The van der Waals surface area contributed by atoms with Gasteiger partial charge in [-0.2, -0.15) is 0 Å². The van der Waals surface area contributed by atoms with Gasteiger partial charge in [-0.15, -0.1) is 0 Å². The molecule has 3 rings (SSSR count). The molecular formula is C17H24N4O3. The van der Waals surface area contributed by atoms with Crippen LogP contribution >= 0.6 is 0 Å². The predicted molar refractivity (Wildman–Crippen MR) is 90.9 cm³/mol. The third-order valence-electron chi connectivity index (χ3n) is 5.22. The van der Waals surface area contributed by atoms with Gasteiger partial charge in [-0.1, -0.05) is 20.8 Å². The number of pyridine rings is 1. The molecule has 7 nitrogen and oxygen atoms in total. The molecule has 7 heteroatoms. The average molecular weight is 332 g/mol. The summed E-state index contributed by atoms with van der Waals surface area (Å²) >= 11 is 0. The first-order valence-corrected chi connectivity index (χ1v) is 8.21. The maximum atomic E-state index is 13.2. The minimum atomic E-state index is -0.955. The predicted octanol–water partition coefficient (Wildman–Crippen LogP) is 1.17. The number of carbonyl (C=O) groups is 2. The van der Waals surface area contributed by atoms with Gasteiger partial charge in [0, 0.05) is 31.8 Å². The van der Waals surface area contributed by atoms with Gasteiger partial charge < -0.3 is 10.3 Å². The molecule has 2 unspecified atom stereocenters. The van der Waals surface area contributed by atoms with Crippen molar-refractivity contribution in [3.8, 4) is 0 Å². The molecule has 2 N–H and O–H groups in total. The number of hydrogen-bond acceptors (Lipinski definition) is 4. The van der Waals surface area contributed by atoms with E-state index in [1.165, 1.54) is 24.2 Å². The highest BCUT2D eigenvalue weighted by Crippen LogP contribution is 2.47. The first-order valence-electron chi connectivity index (χ1n) is 8.21. The molecule has 24 heavy (non-hydrogen) atoms. The molecule has 3 heterocycles. The summed E-state index contributed by atoms with van der Waals surface area (Å²) < 4.78 is 0. The molecule has 1 spiro atoms. The van der Waals surface area contributed by atoms with Crippen LogP contribution in [0.3, 0.4) is 0 Å². The van der Waals surface area contributed by atoms with E-state index in [0.717, 1.165) is 0 Å². The summed E-state index contributed by atoms with van der Waals surface area (Å²) in [7, 11) is 1.52. The topological polar surface area (TPSA) is 85.5 Å². The lowest BCUT2D eigenvalue weighted by Crippen LogP contribution is -2.65. The number of aromatic nitrogens is 1. The maximum absolute atomic E-state index is 13.2. The molecule has 1 aromatic heterocycles. The second-order valence-electron chi connectivity index (χ2n) is 7.69. The first kappa shape index (κ1) is 16.7. The van der Waals surface area contributed by atoms with E-state index in [1.54, 1.807) is 11.0 Å². The smallest absolute Gasteiger partial charge is 0.329 e. The number of amides is 3. The third kappa shape index (κ3) is 2.26. The second kappa shape index (κ2) is 5.44. The van der Waals surface area contributed by atoms with Crippen molar-refractivity contribution in [3.63, 3.8) is 0 Å². The van der Waals surface area contributed by atoms with Gasteiger partial charge in [0.2, 0.25) is 5.56 Å². The van der Waals surface area contributed by atoms with Crippen LogP contribution in [0.4, 0.5) is 10.5 Å². The van der Waals surface area contributed by atoms with Crippen LogP contribution in [0.1, 0.15) is 27.2 Å². The quantitative estimate of drug-likeness (QED) is 0.756. The number of anilines is 1. The Labute approximate surface area is 141 Å². The van der Waals surface area contributed by atoms with Crippen molar-refractivity contribution in [2.45, 2.75) is 32.7 Å². The lowest BCUT2D eigenvalue weighted by molar-refractivity contribution is -0.134. The Morgan fingerprint density at radius 3 is 2.58 bits per heavy atom. The molecule has 2 fully saturated rings. The Kier molecular flexibility index (Phi) is 3.79. The number of nitrogens with one attached hydrogen (secondary N) is 2. The van der Waals surface area contributed by atoms with Gasteiger partial charge in [0.05, 0.1) is 5.69 Å². The van der Waals surface area contributed by atoms with Gasteiger partial charge in [0.15, 0.2) is 0 Å². The fraction of sp³-hybridized carbons (Fsp3) is 0.588. The molecule has 3 amide bonds. The van der Waals surface area contributed by atoms with Crippen molar-refractivity contribution in [1.82, 2.24) is 15.2 Å². The van der Waals surface area contributed by atoms with Crippen molar-refractivity contribution in [3.05, 3.63) is 28.7 Å². The van der Waals surface area contributed by atoms with Gasteiger partial charge in [0.25, 0.3) is 5.91 Å². The highest BCUT2D eigenvalue weighted by molar-refractivity contribution is 6.17. The minimum absolute atomic E-state index is 0.0700. The summed E-state index contributed by atoms with van der Waals surface area (Å²) in [5, 5.41) is 3.35. The van der Waals surface area contributed by atoms with Crippen molar-refractivity contribution in [2.75, 3.05) is 25.0 Å². The number of rotatable bonds is 1. The van der Waals surface area contributed by atoms with E-state index in [0.29, 0.717) is 25.2 Å². The number of aromatic amines is 1. The number of nitrogens with zero attached hydrogens (tertiary/aromatic N) is 2. The molecule has 0 saturated carbocycles. The van der Waals surface area contributed by atoms with Crippen molar-refractivity contribution in [1.29, 1.82) is 0 Å². The van der Waals surface area contributed by atoms with Crippen LogP contribution < -0.4 is 15.8 Å². The molecule has 130 valence electrons. The van der Waals surface area contributed by atoms with Crippen LogP contribution in [0.15, 0.2) is 23.1 Å². The van der Waals surface area contributed by atoms with Crippen LogP contribution in [0.2, 0.25) is 0 Å². The zero-order chi connectivity index (χ0) is 17.7. The number of urea groups is 1. The number of H-pyrrole nitrogens is 1. The summed E-state index contributed by atoms with van der Waals surface area (Å²) in [5.74, 6) is -0.256. The summed E-state index contributed by atoms with van der Waals surface area (Å²) in [6.45, 7) is 7.55. The Morgan fingerprint density at radius 2 is 1.96 bits per heavy atom. The Morgan fingerprint density at radius 1 is 1.25 bits per heavy atom. The molecule has 2 atom stereocenters. The highest BCUT2D eigenvalue weighted by Gasteiger charge is 2.63. The summed E-state index contributed by atoms with van der Waals surface area (Å²) in [6.07, 6.45) is 2.03. The molecule has 2 aliphatic heterocycles. The SMILES string of the molecule is CN1C(=O)N(c2cc[nH]c(=O)c2)C2(CCNCC2C(C)(C)C)C1=O. The summed E-state index contributed by atoms with van der Waals surface area (Å²) in [5.41, 5.74) is -0.965. The monoisotopic (exact) mass is 332 g/mol. The van der Waals surface area contributed by atoms with E-state index < -0.39 is 5.54 Å². The molecule has 0 aromatic carbocycles. The Bertz CT molecular complexity index is 736. The molecule has 0 aliphatic carbocycles. The van der Waals surface area contributed by atoms with Gasteiger partial charge in [0.1, 0.15) is 5.54 Å². The van der Waals surface area contributed by atoms with Crippen LogP contribution in [0.25, 0.3) is 0 Å². The molecule has 2 aliphatic rings. The standard InChI is InChI=1S/C17H24N4O3/c1-16(2,3)12-10-18-8-6-17(12)14(23)20(4)15(24)21(17)11-5-7-19-13(22)9-11/h5,7,9,12,18H,6,8,10H2,1-4H3,(H,19,22). The first-order chi connectivity index (χ1) is 11.2. The summed E-state index contributed by atoms with van der Waals surface area (Å²) in [6, 6.07) is 2.69. The lowest BCUT2D eigenvalue weighted by Gasteiger charge is -2.49. The van der Waals surface area contributed by atoms with Crippen molar-refractivity contribution < 1.29 is 9.59 Å². The molecule has 2 saturated heterocycles. The lowest BCUT2D eigenvalue weighted by atomic mass is 9.65. The molecular weight excluding hydrogens is 308 g/mol. The number of imide groups is 1. The fourth-order valence-electron chi connectivity index (χ4n) is 4.12. The van der Waals surface area contributed by atoms with Gasteiger partial charge in [-0.3, -0.25) is 19.4 Å². The van der Waals surface area contributed by atoms with E-state index in [-0.39, 0.29) is 28.8 Å². The van der Waals surface area contributed by atoms with Crippen molar-refractivity contribution >= 4 is 17.6 Å². The fourth-order valence-corrected chi connectivity index (χ4v) is 4.12. The van der Waals surface area contributed by atoms with Gasteiger partial charge in [-0.05, 0) is 24.4 Å². The zero-order valence-corrected chi connectivity index (χ0v) is 14.5. The second-order valence-corrected chi connectivity index (χ2v) is 7.69. The largest absolute Gasteiger partial charge is 0.331 e. The third-order valence-corrected chi connectivity index (χ3v) is 5.22. The Balaban J connectivity index is 2.22. The highest BCUT2D eigenvalue weighted by atomic mass is 16.2. The summed E-state index contributed by atoms with van der Waals surface area (Å²) in [4.78, 5) is 43.1. The Hall–Kier alpha value is -2.15. The van der Waals surface area contributed by atoms with Crippen LogP contribution in [0.5, 0.6) is 0 Å². The molecule has 0 radical (unpaired) electrons. The van der Waals surface area contributed by atoms with E-state index in [9.17, 15) is 14.4 Å². The van der Waals surface area contributed by atoms with Crippen LogP contribution in [-0.4, -0.2) is 47.5 Å². The van der Waals surface area contributed by atoms with E-state index in [1.807, 2.05) is 0 Å². The normalized spacial score (nSPS) is 28.1. The number of likely N-dealkylation sites (N-methyl/N-ethyl adjacent to an activating group) is 1. The zero-order valence-electron chi connectivity index (χ0n) is 14.5. The number of hydrogen-bond donors (Lipinski definition) is 2. The number of carbonyl (C=O) groups excluding carboxylic acids is 2. The average Bonchev–Trinajstić information content (AvgIpc) is 2.69. The van der Waals surface area contributed by atoms with Gasteiger partial charge >= 0.3 is 6.03 Å². The van der Waals surface area contributed by atoms with Crippen LogP contribution in [-0.2, 0) is 4.79 Å². The van der Waals surface area contributed by atoms with Crippen LogP contribution in [0, 0.1) is 11.3 Å². The maximum Gasteiger partial charge on any atom is 0.331 e. The molecule has 0 bridgehead atoms.